The van der Waals surface area contributed by atoms with Gasteiger partial charge in [-0.15, -0.1) is 0 Å². The molecule has 2 aromatic carbocycles. The molecule has 9 heteroatoms. The quantitative estimate of drug-likeness (QED) is 0.561. The highest BCUT2D eigenvalue weighted by Gasteiger charge is 2.20. The smallest absolute Gasteiger partial charge is 0.326 e. The molecule has 0 unspecified atom stereocenters. The molecule has 8 nitrogen and oxygen atoms in total. The molecular weight excluding hydrogens is 408 g/mol. The predicted octanol–water partition coefficient (Wildman–Crippen LogP) is 3.13. The Balaban J connectivity index is 1.83. The molecule has 3 aromatic rings. The van der Waals surface area contributed by atoms with Crippen molar-refractivity contribution in [3.8, 4) is 17.2 Å². The number of rotatable bonds is 6. The third-order valence-corrected chi connectivity index (χ3v) is 5.43. The van der Waals surface area contributed by atoms with E-state index in [1.54, 1.807) is 41.8 Å². The van der Waals surface area contributed by atoms with Crippen LogP contribution in [0.15, 0.2) is 41.4 Å². The molecule has 0 saturated heterocycles. The first-order valence-electron chi connectivity index (χ1n) is 9.50. The summed E-state index contributed by atoms with van der Waals surface area (Å²) >= 11 is 1.28. The maximum absolute atomic E-state index is 12.9. The minimum atomic E-state index is -0.455. The second-order valence-electron chi connectivity index (χ2n) is 6.30. The van der Waals surface area contributed by atoms with Crippen LogP contribution in [0.25, 0.3) is 10.2 Å². The van der Waals surface area contributed by atoms with Crippen molar-refractivity contribution in [1.29, 1.82) is 0 Å². The van der Waals surface area contributed by atoms with Crippen molar-refractivity contribution in [2.24, 2.45) is 4.99 Å². The van der Waals surface area contributed by atoms with Crippen LogP contribution in [0.1, 0.15) is 24.2 Å². The van der Waals surface area contributed by atoms with E-state index in [0.717, 1.165) is 4.70 Å². The minimum Gasteiger partial charge on any atom is -0.493 e. The fraction of sp³-hybridized carbons (Fsp3) is 0.286. The molecule has 1 aliphatic heterocycles. The van der Waals surface area contributed by atoms with Crippen LogP contribution in [0.2, 0.25) is 0 Å². The number of esters is 1. The van der Waals surface area contributed by atoms with Crippen LogP contribution in [0.4, 0.5) is 0 Å². The summed E-state index contributed by atoms with van der Waals surface area (Å²) in [5, 5.41) is 0. The SMILES string of the molecule is CCOC(=O)Cn1c(=NC(=O)c2ccccc2OCC)sc2cc3c(cc21)OCO3. The average Bonchev–Trinajstić information content (AvgIpc) is 3.31. The Labute approximate surface area is 176 Å². The van der Waals surface area contributed by atoms with Gasteiger partial charge in [0.25, 0.3) is 5.91 Å². The van der Waals surface area contributed by atoms with Crippen molar-refractivity contribution in [1.82, 2.24) is 4.57 Å². The van der Waals surface area contributed by atoms with Crippen LogP contribution in [0.5, 0.6) is 17.2 Å². The summed E-state index contributed by atoms with van der Waals surface area (Å²) < 4.78 is 24.0. The highest BCUT2D eigenvalue weighted by atomic mass is 32.1. The molecule has 0 atom stereocenters. The van der Waals surface area contributed by atoms with E-state index in [-0.39, 0.29) is 19.9 Å². The fourth-order valence-electron chi connectivity index (χ4n) is 3.11. The summed E-state index contributed by atoms with van der Waals surface area (Å²) in [6, 6.07) is 10.5. The highest BCUT2D eigenvalue weighted by Crippen LogP contribution is 2.37. The molecule has 0 fully saturated rings. The lowest BCUT2D eigenvalue weighted by Gasteiger charge is -2.07. The van der Waals surface area contributed by atoms with Gasteiger partial charge in [0.2, 0.25) is 6.79 Å². The molecule has 0 saturated carbocycles. The molecule has 1 aliphatic rings. The van der Waals surface area contributed by atoms with E-state index >= 15 is 0 Å². The topological polar surface area (TPSA) is 88.4 Å². The fourth-order valence-corrected chi connectivity index (χ4v) is 4.14. The number of nitrogens with zero attached hydrogens (tertiary/aromatic N) is 2. The van der Waals surface area contributed by atoms with Gasteiger partial charge in [-0.1, -0.05) is 23.5 Å². The van der Waals surface area contributed by atoms with Crippen LogP contribution >= 0.6 is 11.3 Å². The Morgan fingerprint density at radius 1 is 1.13 bits per heavy atom. The molecule has 156 valence electrons. The second-order valence-corrected chi connectivity index (χ2v) is 7.30. The van der Waals surface area contributed by atoms with E-state index in [0.29, 0.717) is 39.7 Å². The highest BCUT2D eigenvalue weighted by molar-refractivity contribution is 7.16. The first-order valence-corrected chi connectivity index (χ1v) is 10.3. The van der Waals surface area contributed by atoms with E-state index in [4.69, 9.17) is 18.9 Å². The third kappa shape index (κ3) is 3.88. The van der Waals surface area contributed by atoms with Crippen LogP contribution in [0.3, 0.4) is 0 Å². The Morgan fingerprint density at radius 3 is 2.67 bits per heavy atom. The van der Waals surface area contributed by atoms with Crippen molar-refractivity contribution in [3.63, 3.8) is 0 Å². The maximum atomic E-state index is 12.9. The molecule has 4 rings (SSSR count). The first kappa shape index (κ1) is 20.0. The van der Waals surface area contributed by atoms with Crippen LogP contribution in [0, 0.1) is 0 Å². The molecule has 0 bridgehead atoms. The van der Waals surface area contributed by atoms with Gasteiger partial charge in [0.05, 0.1) is 29.0 Å². The Morgan fingerprint density at radius 2 is 1.90 bits per heavy atom. The third-order valence-electron chi connectivity index (χ3n) is 4.38. The average molecular weight is 428 g/mol. The summed E-state index contributed by atoms with van der Waals surface area (Å²) in [6.45, 7) is 4.36. The number of hydrogen-bond donors (Lipinski definition) is 0. The maximum Gasteiger partial charge on any atom is 0.326 e. The zero-order chi connectivity index (χ0) is 21.1. The van der Waals surface area contributed by atoms with Gasteiger partial charge in [-0.05, 0) is 26.0 Å². The molecule has 1 amide bonds. The molecule has 30 heavy (non-hydrogen) atoms. The van der Waals surface area contributed by atoms with E-state index in [9.17, 15) is 9.59 Å². The first-order chi connectivity index (χ1) is 14.6. The number of benzene rings is 2. The summed E-state index contributed by atoms with van der Waals surface area (Å²) in [5.41, 5.74) is 1.07. The summed E-state index contributed by atoms with van der Waals surface area (Å²) in [7, 11) is 0. The van der Waals surface area contributed by atoms with E-state index < -0.39 is 11.9 Å². The zero-order valence-electron chi connectivity index (χ0n) is 16.5. The van der Waals surface area contributed by atoms with Gasteiger partial charge in [0.15, 0.2) is 16.3 Å². The number of amides is 1. The van der Waals surface area contributed by atoms with Gasteiger partial charge >= 0.3 is 5.97 Å². The number of hydrogen-bond acceptors (Lipinski definition) is 7. The normalized spacial score (nSPS) is 12.9. The van der Waals surface area contributed by atoms with Crippen molar-refractivity contribution < 1.29 is 28.5 Å². The lowest BCUT2D eigenvalue weighted by molar-refractivity contribution is -0.143. The van der Waals surface area contributed by atoms with Crippen molar-refractivity contribution in [2.75, 3.05) is 20.0 Å². The van der Waals surface area contributed by atoms with Crippen LogP contribution in [-0.2, 0) is 16.1 Å². The number of ether oxygens (including phenoxy) is 4. The van der Waals surface area contributed by atoms with E-state index in [1.165, 1.54) is 11.3 Å². The number of thiazole rings is 1. The zero-order valence-corrected chi connectivity index (χ0v) is 17.4. The molecule has 0 aliphatic carbocycles. The summed E-state index contributed by atoms with van der Waals surface area (Å²) in [5.74, 6) is 0.790. The lowest BCUT2D eigenvalue weighted by Crippen LogP contribution is -2.23. The van der Waals surface area contributed by atoms with Gasteiger partial charge < -0.3 is 23.5 Å². The summed E-state index contributed by atoms with van der Waals surface area (Å²) in [4.78, 5) is 29.8. The largest absolute Gasteiger partial charge is 0.493 e. The van der Waals surface area contributed by atoms with Gasteiger partial charge in [-0.25, -0.2) is 0 Å². The molecule has 0 N–H and O–H groups in total. The molecular formula is C21H20N2O6S. The van der Waals surface area contributed by atoms with E-state index in [2.05, 4.69) is 4.99 Å². The van der Waals surface area contributed by atoms with Gasteiger partial charge in [0.1, 0.15) is 12.3 Å². The Kier molecular flexibility index (Phi) is 5.71. The number of fused-ring (bicyclic) bond motifs is 2. The van der Waals surface area contributed by atoms with Crippen LogP contribution in [-0.4, -0.2) is 36.5 Å². The minimum absolute atomic E-state index is 0.0767. The van der Waals surface area contributed by atoms with Gasteiger partial charge in [-0.2, -0.15) is 4.99 Å². The Hall–Kier alpha value is -3.33. The van der Waals surface area contributed by atoms with Crippen molar-refractivity contribution in [3.05, 3.63) is 46.8 Å². The lowest BCUT2D eigenvalue weighted by atomic mass is 10.2. The van der Waals surface area contributed by atoms with E-state index in [1.807, 2.05) is 13.0 Å². The summed E-state index contributed by atoms with van der Waals surface area (Å²) in [6.07, 6.45) is 0. The monoisotopic (exact) mass is 428 g/mol. The van der Waals surface area contributed by atoms with Crippen molar-refractivity contribution >= 4 is 33.4 Å². The number of carbonyl (C=O) groups is 2. The standard InChI is InChI=1S/C21H20N2O6S/c1-3-26-15-8-6-5-7-13(15)20(25)22-21-23(11-19(24)27-4-2)14-9-16-17(29-12-28-16)10-18(14)30-21/h5-10H,3-4,11-12H2,1-2H3. The van der Waals surface area contributed by atoms with Crippen LogP contribution < -0.4 is 19.0 Å². The number of carbonyl (C=O) groups excluding carboxylic acids is 2. The molecule has 0 radical (unpaired) electrons. The number of aromatic nitrogens is 1. The Bertz CT molecular complexity index is 1180. The molecule has 1 aromatic heterocycles. The van der Waals surface area contributed by atoms with Gasteiger partial charge in [0, 0.05) is 12.1 Å². The number of para-hydroxylation sites is 1. The molecule has 0 spiro atoms. The molecule has 2 heterocycles. The van der Waals surface area contributed by atoms with Gasteiger partial charge in [-0.3, -0.25) is 9.59 Å². The predicted molar refractivity (Wildman–Crippen MR) is 110 cm³/mol. The second kappa shape index (κ2) is 8.58. The van der Waals surface area contributed by atoms with Crippen molar-refractivity contribution in [2.45, 2.75) is 20.4 Å².